The highest BCUT2D eigenvalue weighted by Crippen LogP contribution is 2.15. The van der Waals surface area contributed by atoms with Crippen molar-refractivity contribution in [3.8, 4) is 6.07 Å². The second-order valence-electron chi connectivity index (χ2n) is 4.61. The zero-order chi connectivity index (χ0) is 14.8. The number of nitrogens with zero attached hydrogens (tertiary/aromatic N) is 3. The van der Waals surface area contributed by atoms with Crippen molar-refractivity contribution < 1.29 is 0 Å². The Bertz CT molecular complexity index is 925. The first-order chi connectivity index (χ1) is 10.2. The molecule has 3 rings (SSSR count). The molecule has 1 heterocycles. The Morgan fingerprint density at radius 2 is 2.05 bits per heavy atom. The van der Waals surface area contributed by atoms with Crippen molar-refractivity contribution in [3.63, 3.8) is 0 Å². The van der Waals surface area contributed by atoms with Gasteiger partial charge in [0.05, 0.1) is 35.4 Å². The molecule has 0 amide bonds. The van der Waals surface area contributed by atoms with Gasteiger partial charge in [0.15, 0.2) is 0 Å². The summed E-state index contributed by atoms with van der Waals surface area (Å²) in [5.74, 6) is 0. The SMILES string of the molecule is N#Cc1ccccc1Cn1cnc2cc(Br)ccc2c1=O. The molecule has 102 valence electrons. The Hall–Kier alpha value is -2.45. The van der Waals surface area contributed by atoms with E-state index >= 15 is 0 Å². The van der Waals surface area contributed by atoms with Crippen LogP contribution in [0.15, 0.2) is 58.1 Å². The monoisotopic (exact) mass is 339 g/mol. The number of nitriles is 1. The summed E-state index contributed by atoms with van der Waals surface area (Å²) in [4.78, 5) is 16.8. The molecule has 0 saturated carbocycles. The molecule has 0 aliphatic heterocycles. The standard InChI is InChI=1S/C16H10BrN3O/c17-13-5-6-14-15(7-13)19-10-20(16(14)21)9-12-4-2-1-3-11(12)8-18/h1-7,10H,9H2. The first-order valence-corrected chi connectivity index (χ1v) is 7.11. The second kappa shape index (κ2) is 5.51. The van der Waals surface area contributed by atoms with Gasteiger partial charge in [-0.05, 0) is 29.8 Å². The predicted molar refractivity (Wildman–Crippen MR) is 84.0 cm³/mol. The van der Waals surface area contributed by atoms with Crippen molar-refractivity contribution in [2.45, 2.75) is 6.54 Å². The van der Waals surface area contributed by atoms with Gasteiger partial charge in [-0.15, -0.1) is 0 Å². The normalized spacial score (nSPS) is 10.5. The van der Waals surface area contributed by atoms with Crippen LogP contribution in [-0.4, -0.2) is 9.55 Å². The molecule has 0 atom stereocenters. The summed E-state index contributed by atoms with van der Waals surface area (Å²) in [5, 5.41) is 9.67. The van der Waals surface area contributed by atoms with Crippen LogP contribution in [-0.2, 0) is 6.54 Å². The summed E-state index contributed by atoms with van der Waals surface area (Å²) in [6.45, 7) is 0.335. The zero-order valence-electron chi connectivity index (χ0n) is 11.0. The van der Waals surface area contributed by atoms with E-state index < -0.39 is 0 Å². The average molecular weight is 340 g/mol. The maximum atomic E-state index is 12.5. The van der Waals surface area contributed by atoms with Crippen molar-refractivity contribution in [1.29, 1.82) is 5.26 Å². The molecule has 1 aromatic heterocycles. The van der Waals surface area contributed by atoms with Gasteiger partial charge in [-0.25, -0.2) is 4.98 Å². The third kappa shape index (κ3) is 2.58. The van der Waals surface area contributed by atoms with Gasteiger partial charge in [0.1, 0.15) is 0 Å². The summed E-state index contributed by atoms with van der Waals surface area (Å²) < 4.78 is 2.40. The number of hydrogen-bond donors (Lipinski definition) is 0. The van der Waals surface area contributed by atoms with Gasteiger partial charge >= 0.3 is 0 Å². The lowest BCUT2D eigenvalue weighted by molar-refractivity contribution is 0.747. The van der Waals surface area contributed by atoms with Gasteiger partial charge in [-0.1, -0.05) is 34.1 Å². The van der Waals surface area contributed by atoms with E-state index in [1.54, 1.807) is 18.2 Å². The highest BCUT2D eigenvalue weighted by Gasteiger charge is 2.07. The lowest BCUT2D eigenvalue weighted by Crippen LogP contribution is -2.21. The third-order valence-electron chi connectivity index (χ3n) is 3.27. The summed E-state index contributed by atoms with van der Waals surface area (Å²) in [5.41, 5.74) is 1.92. The molecule has 2 aromatic carbocycles. The Balaban J connectivity index is 2.10. The maximum Gasteiger partial charge on any atom is 0.261 e. The molecule has 0 N–H and O–H groups in total. The molecule has 0 unspecified atom stereocenters. The molecule has 0 aliphatic rings. The molecule has 0 radical (unpaired) electrons. The minimum absolute atomic E-state index is 0.111. The van der Waals surface area contributed by atoms with Crippen LogP contribution in [0.4, 0.5) is 0 Å². The first-order valence-electron chi connectivity index (χ1n) is 6.32. The van der Waals surface area contributed by atoms with E-state index in [0.29, 0.717) is 23.0 Å². The summed E-state index contributed by atoms with van der Waals surface area (Å²) in [6.07, 6.45) is 1.52. The number of aromatic nitrogens is 2. The largest absolute Gasteiger partial charge is 0.294 e. The molecule has 21 heavy (non-hydrogen) atoms. The predicted octanol–water partition coefficient (Wildman–Crippen LogP) is 3.08. The van der Waals surface area contributed by atoms with Gasteiger partial charge < -0.3 is 0 Å². The number of benzene rings is 2. The van der Waals surface area contributed by atoms with Crippen LogP contribution < -0.4 is 5.56 Å². The maximum absolute atomic E-state index is 12.5. The topological polar surface area (TPSA) is 58.7 Å². The molecule has 5 heteroatoms. The van der Waals surface area contributed by atoms with E-state index in [4.69, 9.17) is 5.26 Å². The molecule has 3 aromatic rings. The van der Waals surface area contributed by atoms with Gasteiger partial charge in [0.25, 0.3) is 5.56 Å². The van der Waals surface area contributed by atoms with Crippen LogP contribution in [0.3, 0.4) is 0 Å². The Morgan fingerprint density at radius 1 is 1.24 bits per heavy atom. The van der Waals surface area contributed by atoms with Crippen LogP contribution in [0.5, 0.6) is 0 Å². The number of halogens is 1. The molecule has 0 saturated heterocycles. The lowest BCUT2D eigenvalue weighted by atomic mass is 10.1. The summed E-state index contributed by atoms with van der Waals surface area (Å²) in [6, 6.07) is 14.8. The summed E-state index contributed by atoms with van der Waals surface area (Å²) >= 11 is 3.36. The first kappa shape index (κ1) is 13.5. The van der Waals surface area contributed by atoms with Crippen LogP contribution in [0.25, 0.3) is 10.9 Å². The van der Waals surface area contributed by atoms with Gasteiger partial charge in [0, 0.05) is 4.47 Å². The van der Waals surface area contributed by atoms with Crippen molar-refractivity contribution in [3.05, 3.63) is 74.7 Å². The Morgan fingerprint density at radius 3 is 2.86 bits per heavy atom. The fourth-order valence-electron chi connectivity index (χ4n) is 2.19. The van der Waals surface area contributed by atoms with E-state index in [0.717, 1.165) is 10.0 Å². The molecular weight excluding hydrogens is 330 g/mol. The minimum Gasteiger partial charge on any atom is -0.294 e. The quantitative estimate of drug-likeness (QED) is 0.720. The number of fused-ring (bicyclic) bond motifs is 1. The highest BCUT2D eigenvalue weighted by atomic mass is 79.9. The average Bonchev–Trinajstić information content (AvgIpc) is 2.50. The van der Waals surface area contributed by atoms with Crippen LogP contribution >= 0.6 is 15.9 Å². The van der Waals surface area contributed by atoms with Crippen molar-refractivity contribution in [2.75, 3.05) is 0 Å². The lowest BCUT2D eigenvalue weighted by Gasteiger charge is -2.08. The number of hydrogen-bond acceptors (Lipinski definition) is 3. The zero-order valence-corrected chi connectivity index (χ0v) is 12.5. The molecule has 0 aliphatic carbocycles. The van der Waals surface area contributed by atoms with Crippen molar-refractivity contribution >= 4 is 26.8 Å². The van der Waals surface area contributed by atoms with E-state index in [1.165, 1.54) is 10.9 Å². The summed E-state index contributed by atoms with van der Waals surface area (Å²) in [7, 11) is 0. The van der Waals surface area contributed by atoms with Gasteiger partial charge in [-0.3, -0.25) is 9.36 Å². The Kier molecular flexibility index (Phi) is 3.55. The molecule has 0 fully saturated rings. The molecular formula is C16H10BrN3O. The fourth-order valence-corrected chi connectivity index (χ4v) is 2.54. The highest BCUT2D eigenvalue weighted by molar-refractivity contribution is 9.10. The second-order valence-corrected chi connectivity index (χ2v) is 5.52. The van der Waals surface area contributed by atoms with Crippen LogP contribution in [0.1, 0.15) is 11.1 Å². The van der Waals surface area contributed by atoms with E-state index in [2.05, 4.69) is 27.0 Å². The Labute approximate surface area is 129 Å². The van der Waals surface area contributed by atoms with Gasteiger partial charge in [0.2, 0.25) is 0 Å². The van der Waals surface area contributed by atoms with Crippen LogP contribution in [0, 0.1) is 11.3 Å². The minimum atomic E-state index is -0.111. The van der Waals surface area contributed by atoms with Gasteiger partial charge in [-0.2, -0.15) is 5.26 Å². The van der Waals surface area contributed by atoms with E-state index in [9.17, 15) is 4.79 Å². The molecule has 0 bridgehead atoms. The fraction of sp³-hybridized carbons (Fsp3) is 0.0625. The number of rotatable bonds is 2. The van der Waals surface area contributed by atoms with E-state index in [-0.39, 0.29) is 5.56 Å². The van der Waals surface area contributed by atoms with Crippen LogP contribution in [0.2, 0.25) is 0 Å². The van der Waals surface area contributed by atoms with E-state index in [1.807, 2.05) is 24.3 Å². The molecule has 0 spiro atoms. The van der Waals surface area contributed by atoms with Crippen molar-refractivity contribution in [1.82, 2.24) is 9.55 Å². The smallest absolute Gasteiger partial charge is 0.261 e. The van der Waals surface area contributed by atoms with Crippen molar-refractivity contribution in [2.24, 2.45) is 0 Å². The molecule has 4 nitrogen and oxygen atoms in total. The third-order valence-corrected chi connectivity index (χ3v) is 3.76.